The Morgan fingerprint density at radius 3 is 2.44 bits per heavy atom. The van der Waals surface area contributed by atoms with Crippen LogP contribution in [-0.2, 0) is 9.59 Å². The van der Waals surface area contributed by atoms with Gasteiger partial charge in [-0.15, -0.1) is 0 Å². The zero-order chi connectivity index (χ0) is 12.3. The average molecular weight is 260 g/mol. The maximum Gasteiger partial charge on any atom is 0.336 e. The van der Waals surface area contributed by atoms with Crippen molar-refractivity contribution >= 4 is 40.7 Å². The number of carbonyl (C=O) groups excluding carboxylic acids is 1. The molecule has 3 N–H and O–H groups in total. The molecule has 0 aliphatic rings. The molecule has 84 valence electrons. The van der Waals surface area contributed by atoms with Crippen molar-refractivity contribution in [2.75, 3.05) is 0 Å². The molecule has 6 heteroatoms. The fourth-order valence-corrected chi connectivity index (χ4v) is 1.51. The highest BCUT2D eigenvalue weighted by Gasteiger charge is 2.16. The van der Waals surface area contributed by atoms with E-state index in [4.69, 9.17) is 34.0 Å². The van der Waals surface area contributed by atoms with Crippen LogP contribution >= 0.6 is 23.2 Å². The van der Waals surface area contributed by atoms with Gasteiger partial charge in [0.05, 0.1) is 15.6 Å². The average Bonchev–Trinajstić information content (AvgIpc) is 2.18. The van der Waals surface area contributed by atoms with Crippen LogP contribution in [0.1, 0.15) is 5.56 Å². The second-order valence-electron chi connectivity index (χ2n) is 2.87. The van der Waals surface area contributed by atoms with Gasteiger partial charge in [-0.1, -0.05) is 35.3 Å². The van der Waals surface area contributed by atoms with E-state index in [9.17, 15) is 9.59 Å². The number of halogens is 2. The first-order valence-electron chi connectivity index (χ1n) is 4.12. The van der Waals surface area contributed by atoms with E-state index in [1.54, 1.807) is 0 Å². The van der Waals surface area contributed by atoms with E-state index in [-0.39, 0.29) is 21.2 Å². The molecule has 1 aromatic rings. The number of carboxylic acids is 1. The zero-order valence-corrected chi connectivity index (χ0v) is 9.42. The third-order valence-corrected chi connectivity index (χ3v) is 2.58. The van der Waals surface area contributed by atoms with Crippen molar-refractivity contribution in [1.82, 2.24) is 0 Å². The van der Waals surface area contributed by atoms with Crippen LogP contribution in [-0.4, -0.2) is 17.0 Å². The summed E-state index contributed by atoms with van der Waals surface area (Å²) in [7, 11) is 0. The predicted octanol–water partition coefficient (Wildman–Crippen LogP) is 1.95. The van der Waals surface area contributed by atoms with Gasteiger partial charge in [0, 0.05) is 11.6 Å². The SMILES string of the molecule is NC(=O)C=C(C(=O)O)c1cccc(Cl)c1Cl. The van der Waals surface area contributed by atoms with Crippen LogP contribution in [0.25, 0.3) is 5.57 Å². The van der Waals surface area contributed by atoms with Crippen molar-refractivity contribution in [3.05, 3.63) is 39.9 Å². The molecule has 4 nitrogen and oxygen atoms in total. The van der Waals surface area contributed by atoms with Crippen LogP contribution < -0.4 is 5.73 Å². The number of primary amides is 1. The third-order valence-electron chi connectivity index (χ3n) is 1.76. The summed E-state index contributed by atoms with van der Waals surface area (Å²) in [6.07, 6.45) is 0.792. The molecule has 0 aliphatic carbocycles. The first-order chi connectivity index (χ1) is 7.43. The van der Waals surface area contributed by atoms with Crippen molar-refractivity contribution in [3.63, 3.8) is 0 Å². The minimum Gasteiger partial charge on any atom is -0.478 e. The molecule has 0 saturated heterocycles. The molecular weight excluding hydrogens is 253 g/mol. The molecule has 0 aromatic heterocycles. The molecule has 0 atom stereocenters. The maximum absolute atomic E-state index is 10.9. The zero-order valence-electron chi connectivity index (χ0n) is 7.91. The Morgan fingerprint density at radius 1 is 1.31 bits per heavy atom. The van der Waals surface area contributed by atoms with E-state index in [0.29, 0.717) is 0 Å². The van der Waals surface area contributed by atoms with Gasteiger partial charge in [0.25, 0.3) is 0 Å². The Kier molecular flexibility index (Phi) is 3.93. The van der Waals surface area contributed by atoms with Gasteiger partial charge in [-0.25, -0.2) is 4.79 Å². The summed E-state index contributed by atoms with van der Waals surface area (Å²) in [6.45, 7) is 0. The number of aliphatic carboxylic acids is 1. The number of carboxylic acid groups (broad SMARTS) is 1. The van der Waals surface area contributed by atoms with Crippen LogP contribution in [0.5, 0.6) is 0 Å². The number of rotatable bonds is 3. The Labute approximate surface area is 101 Å². The summed E-state index contributed by atoms with van der Waals surface area (Å²) in [4.78, 5) is 21.6. The van der Waals surface area contributed by atoms with Crippen LogP contribution in [0.4, 0.5) is 0 Å². The maximum atomic E-state index is 10.9. The van der Waals surface area contributed by atoms with Crippen molar-refractivity contribution in [2.24, 2.45) is 5.73 Å². The highest BCUT2D eigenvalue weighted by Crippen LogP contribution is 2.30. The lowest BCUT2D eigenvalue weighted by Crippen LogP contribution is -2.10. The molecule has 1 rings (SSSR count). The fourth-order valence-electron chi connectivity index (χ4n) is 1.11. The van der Waals surface area contributed by atoms with Gasteiger partial charge in [-0.2, -0.15) is 0 Å². The van der Waals surface area contributed by atoms with Crippen LogP contribution in [0.3, 0.4) is 0 Å². The van der Waals surface area contributed by atoms with E-state index in [1.807, 2.05) is 0 Å². The largest absolute Gasteiger partial charge is 0.478 e. The second-order valence-corrected chi connectivity index (χ2v) is 3.65. The smallest absolute Gasteiger partial charge is 0.336 e. The van der Waals surface area contributed by atoms with Gasteiger partial charge in [0.2, 0.25) is 5.91 Å². The summed E-state index contributed by atoms with van der Waals surface area (Å²) < 4.78 is 0. The molecule has 1 amide bonds. The molecule has 0 spiro atoms. The van der Waals surface area contributed by atoms with Gasteiger partial charge in [0.15, 0.2) is 0 Å². The number of carbonyl (C=O) groups is 2. The normalized spacial score (nSPS) is 11.2. The van der Waals surface area contributed by atoms with Crippen molar-refractivity contribution < 1.29 is 14.7 Å². The fraction of sp³-hybridized carbons (Fsp3) is 0. The quantitative estimate of drug-likeness (QED) is 0.815. The lowest BCUT2D eigenvalue weighted by Gasteiger charge is -2.05. The highest BCUT2D eigenvalue weighted by molar-refractivity contribution is 6.44. The number of benzene rings is 1. The number of hydrogen-bond donors (Lipinski definition) is 2. The van der Waals surface area contributed by atoms with E-state index in [0.717, 1.165) is 6.08 Å². The molecule has 0 saturated carbocycles. The summed E-state index contributed by atoms with van der Waals surface area (Å²) in [5.74, 6) is -2.17. The minimum atomic E-state index is -1.30. The van der Waals surface area contributed by atoms with Gasteiger partial charge >= 0.3 is 5.97 Å². The Balaban J connectivity index is 3.39. The predicted molar refractivity (Wildman–Crippen MR) is 61.3 cm³/mol. The van der Waals surface area contributed by atoms with Crippen LogP contribution in [0, 0.1) is 0 Å². The monoisotopic (exact) mass is 259 g/mol. The number of nitrogens with two attached hydrogens (primary N) is 1. The Hall–Kier alpha value is -1.52. The molecule has 0 bridgehead atoms. The van der Waals surface area contributed by atoms with Gasteiger partial charge in [-0.05, 0) is 6.07 Å². The molecule has 1 aromatic carbocycles. The van der Waals surface area contributed by atoms with Gasteiger partial charge in [0.1, 0.15) is 0 Å². The van der Waals surface area contributed by atoms with Crippen molar-refractivity contribution in [1.29, 1.82) is 0 Å². The van der Waals surface area contributed by atoms with Crippen LogP contribution in [0.15, 0.2) is 24.3 Å². The van der Waals surface area contributed by atoms with Gasteiger partial charge < -0.3 is 10.8 Å². The van der Waals surface area contributed by atoms with E-state index < -0.39 is 11.9 Å². The lowest BCUT2D eigenvalue weighted by molar-refractivity contribution is -0.130. The highest BCUT2D eigenvalue weighted by atomic mass is 35.5. The molecule has 0 aliphatic heterocycles. The summed E-state index contributed by atoms with van der Waals surface area (Å²) >= 11 is 11.6. The summed E-state index contributed by atoms with van der Waals surface area (Å²) in [5, 5.41) is 9.19. The van der Waals surface area contributed by atoms with Crippen molar-refractivity contribution in [3.8, 4) is 0 Å². The standard InChI is InChI=1S/C10H7Cl2NO3/c11-7-3-1-2-5(9(7)12)6(10(15)16)4-8(13)14/h1-4H,(H2,13,14)(H,15,16). The molecule has 16 heavy (non-hydrogen) atoms. The lowest BCUT2D eigenvalue weighted by atomic mass is 10.1. The molecule has 0 fully saturated rings. The number of hydrogen-bond acceptors (Lipinski definition) is 2. The first kappa shape index (κ1) is 12.5. The van der Waals surface area contributed by atoms with E-state index in [2.05, 4.69) is 0 Å². The molecule has 0 radical (unpaired) electrons. The first-order valence-corrected chi connectivity index (χ1v) is 4.88. The van der Waals surface area contributed by atoms with E-state index in [1.165, 1.54) is 18.2 Å². The topological polar surface area (TPSA) is 80.4 Å². The molecular formula is C10H7Cl2NO3. The number of amides is 1. The van der Waals surface area contributed by atoms with E-state index >= 15 is 0 Å². The summed E-state index contributed by atoms with van der Waals surface area (Å²) in [6, 6.07) is 4.48. The summed E-state index contributed by atoms with van der Waals surface area (Å²) in [5.41, 5.74) is 4.76. The Morgan fingerprint density at radius 2 is 1.94 bits per heavy atom. The molecule has 0 heterocycles. The Bertz CT molecular complexity index is 483. The molecule has 0 unspecified atom stereocenters. The second kappa shape index (κ2) is 5.01. The van der Waals surface area contributed by atoms with Crippen molar-refractivity contribution in [2.45, 2.75) is 0 Å². The van der Waals surface area contributed by atoms with Crippen LogP contribution in [0.2, 0.25) is 10.0 Å². The van der Waals surface area contributed by atoms with Gasteiger partial charge in [-0.3, -0.25) is 4.79 Å². The minimum absolute atomic E-state index is 0.0686. The third kappa shape index (κ3) is 2.74.